The molecule has 1 atom stereocenters. The summed E-state index contributed by atoms with van der Waals surface area (Å²) in [6, 6.07) is 12.2. The fourth-order valence-electron chi connectivity index (χ4n) is 3.62. The second-order valence-electron chi connectivity index (χ2n) is 8.38. The first-order chi connectivity index (χ1) is 16.9. The van der Waals surface area contributed by atoms with Crippen molar-refractivity contribution in [1.82, 2.24) is 5.32 Å². The fourth-order valence-corrected chi connectivity index (χ4v) is 3.62. The summed E-state index contributed by atoms with van der Waals surface area (Å²) in [7, 11) is 3.14. The molecule has 0 heterocycles. The number of hydrogen-bond donors (Lipinski definition) is 1. The Hall–Kier alpha value is -3.51. The SMILES string of the molecule is COc1cc(CC#N)cc(OC(CCCNCCCOc2ccccc2[N+](=O)[O-])C(C)C)c1OC. The van der Waals surface area contributed by atoms with E-state index in [1.807, 2.05) is 6.07 Å². The van der Waals surface area contributed by atoms with Crippen molar-refractivity contribution >= 4 is 5.69 Å². The van der Waals surface area contributed by atoms with Crippen molar-refractivity contribution in [3.63, 3.8) is 0 Å². The number of nitriles is 1. The van der Waals surface area contributed by atoms with Crippen molar-refractivity contribution in [1.29, 1.82) is 5.26 Å². The van der Waals surface area contributed by atoms with E-state index in [1.165, 1.54) is 6.07 Å². The average molecular weight is 486 g/mol. The van der Waals surface area contributed by atoms with Crippen molar-refractivity contribution in [2.24, 2.45) is 5.92 Å². The number of ether oxygens (including phenoxy) is 4. The molecular weight excluding hydrogens is 450 g/mol. The summed E-state index contributed by atoms with van der Waals surface area (Å²) in [6.45, 7) is 6.18. The molecule has 1 N–H and O–H groups in total. The lowest BCUT2D eigenvalue weighted by Crippen LogP contribution is -2.26. The second-order valence-corrected chi connectivity index (χ2v) is 8.38. The number of hydrogen-bond acceptors (Lipinski definition) is 8. The van der Waals surface area contributed by atoms with E-state index < -0.39 is 4.92 Å². The molecule has 0 bridgehead atoms. The molecule has 0 saturated carbocycles. The number of rotatable bonds is 16. The zero-order valence-electron chi connectivity index (χ0n) is 20.9. The summed E-state index contributed by atoms with van der Waals surface area (Å²) in [5.74, 6) is 2.22. The highest BCUT2D eigenvalue weighted by Crippen LogP contribution is 2.40. The first kappa shape index (κ1) is 27.7. The van der Waals surface area contributed by atoms with E-state index in [1.54, 1.807) is 38.5 Å². The molecular formula is C26H35N3O6. The third-order valence-corrected chi connectivity index (χ3v) is 5.47. The predicted octanol–water partition coefficient (Wildman–Crippen LogP) is 4.92. The maximum Gasteiger partial charge on any atom is 0.310 e. The summed E-state index contributed by atoms with van der Waals surface area (Å²) in [5, 5.41) is 23.5. The lowest BCUT2D eigenvalue weighted by atomic mass is 10.0. The molecule has 2 aromatic carbocycles. The van der Waals surface area contributed by atoms with Crippen molar-refractivity contribution in [3.05, 3.63) is 52.1 Å². The predicted molar refractivity (Wildman–Crippen MR) is 133 cm³/mol. The molecule has 9 heteroatoms. The smallest absolute Gasteiger partial charge is 0.310 e. The monoisotopic (exact) mass is 485 g/mol. The van der Waals surface area contributed by atoms with Gasteiger partial charge < -0.3 is 24.3 Å². The summed E-state index contributed by atoms with van der Waals surface area (Å²) >= 11 is 0. The van der Waals surface area contributed by atoms with Gasteiger partial charge in [-0.05, 0) is 62.0 Å². The van der Waals surface area contributed by atoms with Gasteiger partial charge in [0.05, 0.1) is 38.2 Å². The van der Waals surface area contributed by atoms with Gasteiger partial charge in [0.25, 0.3) is 0 Å². The molecule has 0 aliphatic carbocycles. The quantitative estimate of drug-likeness (QED) is 0.202. The highest BCUT2D eigenvalue weighted by atomic mass is 16.6. The maximum atomic E-state index is 11.0. The van der Waals surface area contributed by atoms with Gasteiger partial charge in [-0.15, -0.1) is 0 Å². The first-order valence-corrected chi connectivity index (χ1v) is 11.8. The largest absolute Gasteiger partial charge is 0.493 e. The van der Waals surface area contributed by atoms with E-state index in [4.69, 9.17) is 24.2 Å². The van der Waals surface area contributed by atoms with Gasteiger partial charge in [0.15, 0.2) is 17.2 Å². The second kappa shape index (κ2) is 14.7. The minimum atomic E-state index is -0.438. The van der Waals surface area contributed by atoms with Gasteiger partial charge in [-0.25, -0.2) is 0 Å². The van der Waals surface area contributed by atoms with Crippen LogP contribution < -0.4 is 24.3 Å². The van der Waals surface area contributed by atoms with E-state index in [0.717, 1.165) is 37.9 Å². The fraction of sp³-hybridized carbons (Fsp3) is 0.500. The molecule has 1 unspecified atom stereocenters. The molecule has 0 aromatic heterocycles. The van der Waals surface area contributed by atoms with Gasteiger partial charge in [-0.3, -0.25) is 10.1 Å². The number of nitro groups is 1. The lowest BCUT2D eigenvalue weighted by Gasteiger charge is -2.25. The normalized spacial score (nSPS) is 11.5. The highest BCUT2D eigenvalue weighted by Gasteiger charge is 2.20. The van der Waals surface area contributed by atoms with Crippen LogP contribution in [0.3, 0.4) is 0 Å². The molecule has 0 aliphatic rings. The Labute approximate surface area is 207 Å². The number of para-hydroxylation sites is 2. The Morgan fingerprint density at radius 3 is 2.43 bits per heavy atom. The van der Waals surface area contributed by atoms with E-state index in [2.05, 4.69) is 25.2 Å². The van der Waals surface area contributed by atoms with Crippen molar-refractivity contribution in [2.45, 2.75) is 45.6 Å². The van der Waals surface area contributed by atoms with E-state index in [9.17, 15) is 10.1 Å². The van der Waals surface area contributed by atoms with Crippen LogP contribution in [0.2, 0.25) is 0 Å². The number of nitro benzene ring substituents is 1. The van der Waals surface area contributed by atoms with Crippen molar-refractivity contribution < 1.29 is 23.9 Å². The molecule has 0 amide bonds. The summed E-state index contributed by atoms with van der Waals surface area (Å²) < 4.78 is 22.8. The summed E-state index contributed by atoms with van der Waals surface area (Å²) in [4.78, 5) is 10.6. The molecule has 0 spiro atoms. The van der Waals surface area contributed by atoms with Crippen LogP contribution in [-0.4, -0.2) is 44.9 Å². The molecule has 0 fully saturated rings. The van der Waals surface area contributed by atoms with Crippen LogP contribution in [0.25, 0.3) is 0 Å². The van der Waals surface area contributed by atoms with E-state index in [0.29, 0.717) is 29.6 Å². The van der Waals surface area contributed by atoms with Gasteiger partial charge in [0.1, 0.15) is 6.10 Å². The van der Waals surface area contributed by atoms with Gasteiger partial charge in [0, 0.05) is 6.07 Å². The summed E-state index contributed by atoms with van der Waals surface area (Å²) in [6.07, 6.45) is 2.71. The Balaban J connectivity index is 1.80. The van der Waals surface area contributed by atoms with Gasteiger partial charge in [0.2, 0.25) is 5.75 Å². The maximum absolute atomic E-state index is 11.0. The molecule has 2 aromatic rings. The van der Waals surface area contributed by atoms with Crippen molar-refractivity contribution in [2.75, 3.05) is 33.9 Å². The zero-order chi connectivity index (χ0) is 25.6. The Bertz CT molecular complexity index is 990. The number of methoxy groups -OCH3 is 2. The molecule has 190 valence electrons. The molecule has 2 rings (SSSR count). The standard InChI is InChI=1S/C26H35N3O6/c1-19(2)22(35-25-18-20(12-13-27)17-24(32-3)26(25)33-4)11-7-14-28-15-8-16-34-23-10-6-5-9-21(23)29(30)31/h5-6,9-10,17-19,22,28H,7-8,11-12,14-16H2,1-4H3. The van der Waals surface area contributed by atoms with Crippen LogP contribution in [0.4, 0.5) is 5.69 Å². The molecule has 0 saturated heterocycles. The zero-order valence-corrected chi connectivity index (χ0v) is 20.9. The Morgan fingerprint density at radius 2 is 1.77 bits per heavy atom. The van der Waals surface area contributed by atoms with Crippen LogP contribution in [0.15, 0.2) is 36.4 Å². The lowest BCUT2D eigenvalue weighted by molar-refractivity contribution is -0.385. The molecule has 0 radical (unpaired) electrons. The molecule has 0 aliphatic heterocycles. The van der Waals surface area contributed by atoms with Crippen LogP contribution >= 0.6 is 0 Å². The Kier molecular flexibility index (Phi) is 11.6. The third-order valence-electron chi connectivity index (χ3n) is 5.47. The number of nitrogens with one attached hydrogen (secondary N) is 1. The van der Waals surface area contributed by atoms with Crippen LogP contribution in [0, 0.1) is 27.4 Å². The van der Waals surface area contributed by atoms with Crippen LogP contribution in [0.1, 0.15) is 38.7 Å². The van der Waals surface area contributed by atoms with E-state index >= 15 is 0 Å². The molecule has 9 nitrogen and oxygen atoms in total. The average Bonchev–Trinajstić information content (AvgIpc) is 2.84. The van der Waals surface area contributed by atoms with Crippen LogP contribution in [0.5, 0.6) is 23.0 Å². The van der Waals surface area contributed by atoms with Crippen LogP contribution in [-0.2, 0) is 6.42 Å². The third kappa shape index (κ3) is 8.65. The molecule has 35 heavy (non-hydrogen) atoms. The Morgan fingerprint density at radius 1 is 1.06 bits per heavy atom. The minimum absolute atomic E-state index is 0.0207. The topological polar surface area (TPSA) is 116 Å². The number of nitrogens with zero attached hydrogens (tertiary/aromatic N) is 2. The highest BCUT2D eigenvalue weighted by molar-refractivity contribution is 5.54. The van der Waals surface area contributed by atoms with Gasteiger partial charge >= 0.3 is 5.69 Å². The first-order valence-electron chi connectivity index (χ1n) is 11.8. The summed E-state index contributed by atoms with van der Waals surface area (Å²) in [5.41, 5.74) is 0.792. The van der Waals surface area contributed by atoms with Gasteiger partial charge in [-0.1, -0.05) is 26.0 Å². The minimum Gasteiger partial charge on any atom is -0.493 e. The number of benzene rings is 2. The van der Waals surface area contributed by atoms with Crippen molar-refractivity contribution in [3.8, 4) is 29.1 Å². The van der Waals surface area contributed by atoms with E-state index in [-0.39, 0.29) is 24.1 Å². The van der Waals surface area contributed by atoms with Gasteiger partial charge in [-0.2, -0.15) is 5.26 Å².